The summed E-state index contributed by atoms with van der Waals surface area (Å²) < 4.78 is 1.20. The number of nitrogens with one attached hydrogen (secondary N) is 1. The maximum absolute atomic E-state index is 8.68. The van der Waals surface area contributed by atoms with Gasteiger partial charge in [0.1, 0.15) is 0 Å². The van der Waals surface area contributed by atoms with Gasteiger partial charge in [-0.05, 0) is 64.9 Å². The predicted octanol–water partition coefficient (Wildman–Crippen LogP) is 3.31. The highest BCUT2D eigenvalue weighted by Crippen LogP contribution is 2.16. The van der Waals surface area contributed by atoms with Crippen LogP contribution in [0.4, 0.5) is 5.69 Å². The van der Waals surface area contributed by atoms with E-state index in [9.17, 15) is 0 Å². The van der Waals surface area contributed by atoms with Gasteiger partial charge in [0.2, 0.25) is 0 Å². The minimum atomic E-state index is 0.130. The van der Waals surface area contributed by atoms with Crippen LogP contribution in [-0.4, -0.2) is 11.0 Å². The summed E-state index contributed by atoms with van der Waals surface area (Å²) in [6, 6.07) is 14.0. The van der Waals surface area contributed by atoms with Gasteiger partial charge in [0.25, 0.3) is 0 Å². The minimum Gasteiger partial charge on any atom is -0.409 e. The molecule has 2 aromatic carbocycles. The van der Waals surface area contributed by atoms with Gasteiger partial charge < -0.3 is 16.3 Å². The molecule has 4 nitrogen and oxygen atoms in total. The fraction of sp³-hybridized carbons (Fsp3) is 0.133. The van der Waals surface area contributed by atoms with E-state index in [0.717, 1.165) is 23.4 Å². The molecule has 4 N–H and O–H groups in total. The molecule has 104 valence electrons. The van der Waals surface area contributed by atoms with E-state index in [0.29, 0.717) is 0 Å². The first kappa shape index (κ1) is 14.6. The molecular weight excluding hydrogens is 365 g/mol. The Labute approximate surface area is 131 Å². The summed E-state index contributed by atoms with van der Waals surface area (Å²) in [5.41, 5.74) is 9.68. The van der Waals surface area contributed by atoms with Crippen molar-refractivity contribution in [2.24, 2.45) is 10.9 Å². The number of oxime groups is 1. The van der Waals surface area contributed by atoms with Gasteiger partial charge in [0.15, 0.2) is 5.84 Å². The second-order valence-electron chi connectivity index (χ2n) is 4.49. The molecule has 0 unspecified atom stereocenters. The van der Waals surface area contributed by atoms with Gasteiger partial charge in [-0.1, -0.05) is 23.4 Å². The van der Waals surface area contributed by atoms with Gasteiger partial charge in [-0.2, -0.15) is 0 Å². The monoisotopic (exact) mass is 381 g/mol. The summed E-state index contributed by atoms with van der Waals surface area (Å²) in [5.74, 6) is 0.130. The molecule has 2 rings (SSSR count). The maximum Gasteiger partial charge on any atom is 0.170 e. The van der Waals surface area contributed by atoms with Crippen molar-refractivity contribution >= 4 is 34.1 Å². The van der Waals surface area contributed by atoms with E-state index in [4.69, 9.17) is 10.9 Å². The Morgan fingerprint density at radius 1 is 1.30 bits per heavy atom. The molecule has 0 atom stereocenters. The molecular formula is C15H16IN3O. The number of rotatable bonds is 4. The van der Waals surface area contributed by atoms with E-state index >= 15 is 0 Å². The van der Waals surface area contributed by atoms with Gasteiger partial charge in [-0.3, -0.25) is 0 Å². The van der Waals surface area contributed by atoms with E-state index < -0.39 is 0 Å². The summed E-state index contributed by atoms with van der Waals surface area (Å²) in [4.78, 5) is 0. The van der Waals surface area contributed by atoms with Crippen LogP contribution in [0.15, 0.2) is 47.6 Å². The van der Waals surface area contributed by atoms with Crippen LogP contribution >= 0.6 is 22.6 Å². The quantitative estimate of drug-likeness (QED) is 0.250. The van der Waals surface area contributed by atoms with Gasteiger partial charge >= 0.3 is 0 Å². The lowest BCUT2D eigenvalue weighted by Gasteiger charge is -2.10. The molecule has 0 fully saturated rings. The van der Waals surface area contributed by atoms with Gasteiger partial charge in [-0.15, -0.1) is 0 Å². The molecule has 5 heteroatoms. The maximum atomic E-state index is 8.68. The zero-order chi connectivity index (χ0) is 14.5. The average molecular weight is 381 g/mol. The first-order valence-electron chi connectivity index (χ1n) is 6.17. The van der Waals surface area contributed by atoms with Crippen LogP contribution < -0.4 is 11.1 Å². The van der Waals surface area contributed by atoms with Gasteiger partial charge in [0, 0.05) is 21.4 Å². The normalized spacial score (nSPS) is 11.4. The van der Waals surface area contributed by atoms with E-state index in [1.54, 1.807) is 0 Å². The lowest BCUT2D eigenvalue weighted by atomic mass is 10.0. The SMILES string of the molecule is Cc1cc(/C(N)=N/O)ccc1CNc1cccc(I)c1. The fourth-order valence-corrected chi connectivity index (χ4v) is 2.45. The third-order valence-corrected chi connectivity index (χ3v) is 3.72. The van der Waals surface area contributed by atoms with Crippen molar-refractivity contribution in [3.8, 4) is 0 Å². The first-order valence-corrected chi connectivity index (χ1v) is 7.25. The Morgan fingerprint density at radius 2 is 2.10 bits per heavy atom. The van der Waals surface area contributed by atoms with Crippen LogP contribution in [0.5, 0.6) is 0 Å². The molecule has 0 aliphatic heterocycles. The number of anilines is 1. The molecule has 0 amide bonds. The molecule has 0 aliphatic rings. The Hall–Kier alpha value is -1.76. The second kappa shape index (κ2) is 6.60. The van der Waals surface area contributed by atoms with Crippen LogP contribution in [0.2, 0.25) is 0 Å². The largest absolute Gasteiger partial charge is 0.409 e. The van der Waals surface area contributed by atoms with Crippen molar-refractivity contribution in [1.82, 2.24) is 0 Å². The number of amidine groups is 1. The van der Waals surface area contributed by atoms with E-state index in [-0.39, 0.29) is 5.84 Å². The minimum absolute atomic E-state index is 0.130. The number of hydrogen-bond donors (Lipinski definition) is 3. The topological polar surface area (TPSA) is 70.6 Å². The molecule has 2 aromatic rings. The second-order valence-corrected chi connectivity index (χ2v) is 5.74. The number of benzene rings is 2. The smallest absolute Gasteiger partial charge is 0.170 e. The van der Waals surface area contributed by atoms with Crippen LogP contribution in [0.1, 0.15) is 16.7 Å². The summed E-state index contributed by atoms with van der Waals surface area (Å²) >= 11 is 2.29. The third-order valence-electron chi connectivity index (χ3n) is 3.05. The molecule has 0 spiro atoms. The van der Waals surface area contributed by atoms with E-state index in [2.05, 4.69) is 45.2 Å². The molecule has 0 heterocycles. The summed E-state index contributed by atoms with van der Waals surface area (Å²) in [7, 11) is 0. The molecule has 0 aliphatic carbocycles. The van der Waals surface area contributed by atoms with Gasteiger partial charge in [0.05, 0.1) is 0 Å². The molecule has 0 aromatic heterocycles. The van der Waals surface area contributed by atoms with Crippen molar-refractivity contribution < 1.29 is 5.21 Å². The summed E-state index contributed by atoms with van der Waals surface area (Å²) in [6.07, 6.45) is 0. The van der Waals surface area contributed by atoms with Crippen LogP contribution in [0.3, 0.4) is 0 Å². The average Bonchev–Trinajstić information content (AvgIpc) is 2.45. The standard InChI is InChI=1S/C15H16IN3O/c1-10-7-11(15(17)19-20)5-6-12(10)9-18-14-4-2-3-13(16)8-14/h2-8,18,20H,9H2,1H3,(H2,17,19). The van der Waals surface area contributed by atoms with Crippen LogP contribution in [0.25, 0.3) is 0 Å². The molecule has 0 saturated heterocycles. The molecule has 0 radical (unpaired) electrons. The Morgan fingerprint density at radius 3 is 2.75 bits per heavy atom. The van der Waals surface area contributed by atoms with Crippen molar-refractivity contribution in [2.75, 3.05) is 5.32 Å². The van der Waals surface area contributed by atoms with Gasteiger partial charge in [-0.25, -0.2) is 0 Å². The number of hydrogen-bond acceptors (Lipinski definition) is 3. The first-order chi connectivity index (χ1) is 9.60. The zero-order valence-electron chi connectivity index (χ0n) is 11.1. The zero-order valence-corrected chi connectivity index (χ0v) is 13.3. The van der Waals surface area contributed by atoms with Crippen molar-refractivity contribution in [1.29, 1.82) is 0 Å². The molecule has 20 heavy (non-hydrogen) atoms. The molecule has 0 saturated carbocycles. The van der Waals surface area contributed by atoms with Crippen LogP contribution in [-0.2, 0) is 6.54 Å². The number of aryl methyl sites for hydroxylation is 1. The highest BCUT2D eigenvalue weighted by atomic mass is 127. The fourth-order valence-electron chi connectivity index (χ4n) is 1.91. The molecule has 0 bridgehead atoms. The number of nitrogens with zero attached hydrogens (tertiary/aromatic N) is 1. The summed E-state index contributed by atoms with van der Waals surface area (Å²) in [5, 5.41) is 15.1. The van der Waals surface area contributed by atoms with Crippen LogP contribution in [0, 0.1) is 10.5 Å². The van der Waals surface area contributed by atoms with E-state index in [1.165, 1.54) is 9.13 Å². The Balaban J connectivity index is 2.11. The summed E-state index contributed by atoms with van der Waals surface area (Å²) in [6.45, 7) is 2.75. The van der Waals surface area contributed by atoms with Crippen molar-refractivity contribution in [3.05, 3.63) is 62.7 Å². The highest BCUT2D eigenvalue weighted by molar-refractivity contribution is 14.1. The van der Waals surface area contributed by atoms with Crippen molar-refractivity contribution in [2.45, 2.75) is 13.5 Å². The Kier molecular flexibility index (Phi) is 4.84. The number of nitrogens with two attached hydrogens (primary N) is 1. The van der Waals surface area contributed by atoms with E-state index in [1.807, 2.05) is 37.3 Å². The third kappa shape index (κ3) is 3.63. The lowest BCUT2D eigenvalue weighted by Crippen LogP contribution is -2.13. The van der Waals surface area contributed by atoms with Crippen molar-refractivity contribution in [3.63, 3.8) is 0 Å². The Bertz CT molecular complexity index is 641. The highest BCUT2D eigenvalue weighted by Gasteiger charge is 2.04. The number of halogens is 1. The predicted molar refractivity (Wildman–Crippen MR) is 90.2 cm³/mol. The lowest BCUT2D eigenvalue weighted by molar-refractivity contribution is 0.318.